The van der Waals surface area contributed by atoms with E-state index in [1.165, 1.54) is 132 Å². The van der Waals surface area contributed by atoms with E-state index in [1.54, 1.807) is 11.1 Å². The predicted molar refractivity (Wildman–Crippen MR) is 164 cm³/mol. The first-order valence-electron chi connectivity index (χ1n) is 16.2. The molecule has 202 valence electrons. The van der Waals surface area contributed by atoms with Gasteiger partial charge in [-0.25, -0.2) is 0 Å². The number of benzene rings is 2. The minimum Gasteiger partial charge on any atom is -0.0804 e. The Hall–Kier alpha value is -1.82. The van der Waals surface area contributed by atoms with Crippen LogP contribution >= 0.6 is 0 Å². The molecule has 2 aromatic carbocycles. The standard InChI is InChI=1S/C37H54/c1-3-5-7-8-9-11-13-31-16-20-33(21-17-31)35-24-28-37(29-25-35)36-26-22-34(23-27-36)32-18-14-30(15-19-32)12-10-6-4-2/h20,22-32H,3-19,21H2,1-2H3/t30-,31?,32-. The molecule has 0 N–H and O–H groups in total. The average Bonchev–Trinajstić information content (AvgIpc) is 2.96. The van der Waals surface area contributed by atoms with Crippen LogP contribution in [-0.4, -0.2) is 0 Å². The van der Waals surface area contributed by atoms with Crippen molar-refractivity contribution in [1.82, 2.24) is 0 Å². The fourth-order valence-electron chi connectivity index (χ4n) is 6.92. The highest BCUT2D eigenvalue weighted by atomic mass is 14.3. The predicted octanol–water partition coefficient (Wildman–Crippen LogP) is 12.1. The van der Waals surface area contributed by atoms with Crippen molar-refractivity contribution in [3.05, 3.63) is 65.7 Å². The lowest BCUT2D eigenvalue weighted by Crippen LogP contribution is -2.13. The summed E-state index contributed by atoms with van der Waals surface area (Å²) in [6.45, 7) is 4.62. The van der Waals surface area contributed by atoms with E-state index in [0.29, 0.717) is 0 Å². The summed E-state index contributed by atoms with van der Waals surface area (Å²) in [7, 11) is 0. The van der Waals surface area contributed by atoms with Gasteiger partial charge in [0.05, 0.1) is 0 Å². The van der Waals surface area contributed by atoms with E-state index in [-0.39, 0.29) is 0 Å². The molecule has 0 bridgehead atoms. The van der Waals surface area contributed by atoms with Gasteiger partial charge in [0.15, 0.2) is 0 Å². The zero-order chi connectivity index (χ0) is 25.7. The Morgan fingerprint density at radius 3 is 1.73 bits per heavy atom. The normalized spacial score (nSPS) is 22.1. The second-order valence-corrected chi connectivity index (χ2v) is 12.3. The molecule has 1 unspecified atom stereocenters. The monoisotopic (exact) mass is 498 g/mol. The van der Waals surface area contributed by atoms with Crippen LogP contribution in [0.25, 0.3) is 16.7 Å². The van der Waals surface area contributed by atoms with E-state index in [4.69, 9.17) is 0 Å². The Morgan fingerprint density at radius 2 is 1.08 bits per heavy atom. The molecule has 0 amide bonds. The smallest absolute Gasteiger partial charge is 0.0162 e. The van der Waals surface area contributed by atoms with Gasteiger partial charge < -0.3 is 0 Å². The number of unbranched alkanes of at least 4 members (excludes halogenated alkanes) is 7. The van der Waals surface area contributed by atoms with Gasteiger partial charge in [0.25, 0.3) is 0 Å². The molecule has 1 saturated carbocycles. The largest absolute Gasteiger partial charge is 0.0804 e. The van der Waals surface area contributed by atoms with Crippen molar-refractivity contribution >= 4 is 5.57 Å². The summed E-state index contributed by atoms with van der Waals surface area (Å²) in [4.78, 5) is 0. The van der Waals surface area contributed by atoms with Crippen molar-refractivity contribution in [2.24, 2.45) is 11.8 Å². The van der Waals surface area contributed by atoms with E-state index in [0.717, 1.165) is 17.8 Å². The minimum atomic E-state index is 0.780. The zero-order valence-electron chi connectivity index (χ0n) is 24.2. The summed E-state index contributed by atoms with van der Waals surface area (Å²) in [5.41, 5.74) is 7.29. The van der Waals surface area contributed by atoms with Crippen molar-refractivity contribution in [2.45, 2.75) is 135 Å². The van der Waals surface area contributed by atoms with Crippen molar-refractivity contribution < 1.29 is 0 Å². The van der Waals surface area contributed by atoms with Gasteiger partial charge >= 0.3 is 0 Å². The lowest BCUT2D eigenvalue weighted by molar-refractivity contribution is 0.303. The number of allylic oxidation sites excluding steroid dienone is 2. The topological polar surface area (TPSA) is 0 Å². The first-order chi connectivity index (χ1) is 18.3. The molecular formula is C37H54. The van der Waals surface area contributed by atoms with Crippen LogP contribution in [0.1, 0.15) is 146 Å². The van der Waals surface area contributed by atoms with Crippen LogP contribution in [0, 0.1) is 11.8 Å². The first kappa shape index (κ1) is 28.2. The summed E-state index contributed by atoms with van der Waals surface area (Å²) in [6, 6.07) is 19.0. The Balaban J connectivity index is 1.22. The fraction of sp³-hybridized carbons (Fsp3) is 0.622. The quantitative estimate of drug-likeness (QED) is 0.227. The molecule has 2 aliphatic rings. The maximum absolute atomic E-state index is 2.55. The van der Waals surface area contributed by atoms with Gasteiger partial charge in [-0.1, -0.05) is 139 Å². The van der Waals surface area contributed by atoms with Crippen LogP contribution in [-0.2, 0) is 0 Å². The Kier molecular flexibility index (Phi) is 11.9. The third-order valence-electron chi connectivity index (χ3n) is 9.52. The molecule has 0 nitrogen and oxygen atoms in total. The lowest BCUT2D eigenvalue weighted by Gasteiger charge is -2.29. The van der Waals surface area contributed by atoms with Gasteiger partial charge in [0, 0.05) is 0 Å². The van der Waals surface area contributed by atoms with Crippen molar-refractivity contribution in [1.29, 1.82) is 0 Å². The molecule has 4 rings (SSSR count). The second kappa shape index (κ2) is 15.6. The molecule has 0 spiro atoms. The number of hydrogen-bond donors (Lipinski definition) is 0. The Labute approximate surface area is 229 Å². The SMILES string of the molecule is CCCCCCCCC1CC=C(c2ccc(-c3ccc([C@H]4CC[C@H](CCCCC)CC4)cc3)cc2)CC1. The van der Waals surface area contributed by atoms with Crippen LogP contribution in [0.2, 0.25) is 0 Å². The summed E-state index contributed by atoms with van der Waals surface area (Å²) < 4.78 is 0. The van der Waals surface area contributed by atoms with E-state index in [9.17, 15) is 0 Å². The third kappa shape index (κ3) is 8.87. The van der Waals surface area contributed by atoms with Crippen LogP contribution in [0.5, 0.6) is 0 Å². The molecule has 0 aromatic heterocycles. The summed E-state index contributed by atoms with van der Waals surface area (Å²) in [5.74, 6) is 2.69. The highest BCUT2D eigenvalue weighted by Gasteiger charge is 2.22. The van der Waals surface area contributed by atoms with E-state index in [2.05, 4.69) is 68.5 Å². The van der Waals surface area contributed by atoms with Crippen LogP contribution < -0.4 is 0 Å². The van der Waals surface area contributed by atoms with Gasteiger partial charge in [0.1, 0.15) is 0 Å². The zero-order valence-corrected chi connectivity index (χ0v) is 24.2. The minimum absolute atomic E-state index is 0.780. The van der Waals surface area contributed by atoms with Crippen molar-refractivity contribution in [2.75, 3.05) is 0 Å². The van der Waals surface area contributed by atoms with E-state index < -0.39 is 0 Å². The van der Waals surface area contributed by atoms with Gasteiger partial charge in [-0.3, -0.25) is 0 Å². The molecule has 37 heavy (non-hydrogen) atoms. The third-order valence-corrected chi connectivity index (χ3v) is 9.52. The van der Waals surface area contributed by atoms with Gasteiger partial charge in [0.2, 0.25) is 0 Å². The van der Waals surface area contributed by atoms with Crippen molar-refractivity contribution in [3.8, 4) is 11.1 Å². The number of hydrogen-bond acceptors (Lipinski definition) is 0. The van der Waals surface area contributed by atoms with Gasteiger partial charge in [-0.2, -0.15) is 0 Å². The molecule has 0 heterocycles. The molecule has 1 atom stereocenters. The molecule has 2 aromatic rings. The van der Waals surface area contributed by atoms with Crippen LogP contribution in [0.4, 0.5) is 0 Å². The maximum atomic E-state index is 2.55. The van der Waals surface area contributed by atoms with E-state index >= 15 is 0 Å². The lowest BCUT2D eigenvalue weighted by atomic mass is 9.77. The van der Waals surface area contributed by atoms with Crippen LogP contribution in [0.15, 0.2) is 54.6 Å². The van der Waals surface area contributed by atoms with Crippen molar-refractivity contribution in [3.63, 3.8) is 0 Å². The molecular weight excluding hydrogens is 444 g/mol. The molecule has 0 aliphatic heterocycles. The molecule has 0 radical (unpaired) electrons. The summed E-state index contributed by atoms with van der Waals surface area (Å²) >= 11 is 0. The van der Waals surface area contributed by atoms with Gasteiger partial charge in [-0.15, -0.1) is 0 Å². The fourth-order valence-corrected chi connectivity index (χ4v) is 6.92. The van der Waals surface area contributed by atoms with Crippen LogP contribution in [0.3, 0.4) is 0 Å². The summed E-state index contributed by atoms with van der Waals surface area (Å²) in [6.07, 6.45) is 27.8. The van der Waals surface area contributed by atoms with Gasteiger partial charge in [-0.05, 0) is 90.5 Å². The highest BCUT2D eigenvalue weighted by molar-refractivity contribution is 5.71. The first-order valence-corrected chi connectivity index (χ1v) is 16.2. The number of rotatable bonds is 14. The maximum Gasteiger partial charge on any atom is -0.0162 e. The highest BCUT2D eigenvalue weighted by Crippen LogP contribution is 2.38. The average molecular weight is 499 g/mol. The Morgan fingerprint density at radius 1 is 0.541 bits per heavy atom. The molecule has 1 fully saturated rings. The van der Waals surface area contributed by atoms with E-state index in [1.807, 2.05) is 0 Å². The second-order valence-electron chi connectivity index (χ2n) is 12.3. The molecule has 0 heteroatoms. The Bertz CT molecular complexity index is 908. The summed E-state index contributed by atoms with van der Waals surface area (Å²) in [5, 5.41) is 0. The molecule has 2 aliphatic carbocycles. The molecule has 0 saturated heterocycles.